The summed E-state index contributed by atoms with van der Waals surface area (Å²) in [5.41, 5.74) is 0. The van der Waals surface area contributed by atoms with Crippen LogP contribution in [0, 0.1) is 0 Å². The van der Waals surface area contributed by atoms with Crippen LogP contribution in [-0.2, 0) is 9.84 Å². The molecule has 0 radical (unpaired) electrons. The monoisotopic (exact) mass is 205 g/mol. The Balaban J connectivity index is 2.68. The van der Waals surface area contributed by atoms with Crippen LogP contribution >= 0.6 is 0 Å². The first-order valence-electron chi connectivity index (χ1n) is 5.06. The van der Waals surface area contributed by atoms with Gasteiger partial charge in [0, 0.05) is 11.8 Å². The van der Waals surface area contributed by atoms with Crippen molar-refractivity contribution in [3.05, 3.63) is 0 Å². The first kappa shape index (κ1) is 11.0. The molecule has 4 heteroatoms. The molecule has 0 aromatic carbocycles. The van der Waals surface area contributed by atoms with Crippen LogP contribution in [0.3, 0.4) is 0 Å². The van der Waals surface area contributed by atoms with Gasteiger partial charge in [-0.1, -0.05) is 20.3 Å². The van der Waals surface area contributed by atoms with E-state index in [9.17, 15) is 8.42 Å². The lowest BCUT2D eigenvalue weighted by Gasteiger charge is -2.19. The number of hydrogen-bond acceptors (Lipinski definition) is 3. The summed E-state index contributed by atoms with van der Waals surface area (Å²) in [6.07, 6.45) is 2.90. The first-order valence-corrected chi connectivity index (χ1v) is 6.78. The Labute approximate surface area is 80.8 Å². The Morgan fingerprint density at radius 3 is 2.54 bits per heavy atom. The molecule has 2 atom stereocenters. The lowest BCUT2D eigenvalue weighted by Crippen LogP contribution is -2.40. The third-order valence-electron chi connectivity index (χ3n) is 2.78. The minimum Gasteiger partial charge on any atom is -0.313 e. The van der Waals surface area contributed by atoms with Crippen LogP contribution in [0.5, 0.6) is 0 Å². The van der Waals surface area contributed by atoms with Gasteiger partial charge in [-0.15, -0.1) is 0 Å². The third-order valence-corrected chi connectivity index (χ3v) is 5.07. The minimum absolute atomic E-state index is 0.127. The van der Waals surface area contributed by atoms with Crippen molar-refractivity contribution in [3.63, 3.8) is 0 Å². The summed E-state index contributed by atoms with van der Waals surface area (Å²) in [4.78, 5) is 0. The predicted octanol–water partition coefficient (Wildman–Crippen LogP) is 0.952. The van der Waals surface area contributed by atoms with E-state index in [1.807, 2.05) is 6.92 Å². The zero-order valence-electron chi connectivity index (χ0n) is 8.41. The average Bonchev–Trinajstić information content (AvgIpc) is 2.54. The SMILES string of the molecule is CCNC1CCCC1S(=O)(=O)CC. The molecule has 1 rings (SSSR count). The van der Waals surface area contributed by atoms with Crippen LogP contribution in [0.2, 0.25) is 0 Å². The van der Waals surface area contributed by atoms with Crippen LogP contribution in [0.25, 0.3) is 0 Å². The number of hydrogen-bond donors (Lipinski definition) is 1. The van der Waals surface area contributed by atoms with Gasteiger partial charge in [-0.25, -0.2) is 8.42 Å². The highest BCUT2D eigenvalue weighted by molar-refractivity contribution is 7.92. The molecule has 0 heterocycles. The molecule has 0 spiro atoms. The van der Waals surface area contributed by atoms with Gasteiger partial charge in [-0.2, -0.15) is 0 Å². The molecule has 0 aliphatic heterocycles. The highest BCUT2D eigenvalue weighted by Gasteiger charge is 2.35. The Kier molecular flexibility index (Phi) is 3.74. The summed E-state index contributed by atoms with van der Waals surface area (Å²) in [6.45, 7) is 4.62. The zero-order chi connectivity index (χ0) is 9.90. The van der Waals surface area contributed by atoms with Gasteiger partial charge in [0.1, 0.15) is 0 Å². The summed E-state index contributed by atoms with van der Waals surface area (Å²) >= 11 is 0. The van der Waals surface area contributed by atoms with Gasteiger partial charge in [-0.05, 0) is 19.4 Å². The van der Waals surface area contributed by atoms with Gasteiger partial charge in [0.15, 0.2) is 9.84 Å². The van der Waals surface area contributed by atoms with E-state index >= 15 is 0 Å². The maximum atomic E-state index is 11.6. The normalized spacial score (nSPS) is 29.4. The minimum atomic E-state index is -2.83. The van der Waals surface area contributed by atoms with Gasteiger partial charge in [0.2, 0.25) is 0 Å². The highest BCUT2D eigenvalue weighted by atomic mass is 32.2. The summed E-state index contributed by atoms with van der Waals surface area (Å²) in [5.74, 6) is 0.277. The summed E-state index contributed by atoms with van der Waals surface area (Å²) < 4.78 is 23.3. The smallest absolute Gasteiger partial charge is 0.154 e. The van der Waals surface area contributed by atoms with Gasteiger partial charge >= 0.3 is 0 Å². The molecule has 1 fully saturated rings. The Morgan fingerprint density at radius 1 is 1.31 bits per heavy atom. The molecule has 2 unspecified atom stereocenters. The lowest BCUT2D eigenvalue weighted by molar-refractivity contribution is 0.518. The second-order valence-corrected chi connectivity index (χ2v) is 6.09. The van der Waals surface area contributed by atoms with Crippen LogP contribution < -0.4 is 5.32 Å². The van der Waals surface area contributed by atoms with Crippen LogP contribution in [0.4, 0.5) is 0 Å². The molecule has 78 valence electrons. The van der Waals surface area contributed by atoms with Crippen molar-refractivity contribution in [1.29, 1.82) is 0 Å². The summed E-state index contributed by atoms with van der Waals surface area (Å²) in [6, 6.07) is 0.204. The highest BCUT2D eigenvalue weighted by Crippen LogP contribution is 2.25. The third kappa shape index (κ3) is 2.44. The van der Waals surface area contributed by atoms with E-state index in [1.54, 1.807) is 6.92 Å². The number of rotatable bonds is 4. The molecular formula is C9H19NO2S. The van der Waals surface area contributed by atoms with Crippen molar-refractivity contribution in [2.75, 3.05) is 12.3 Å². The van der Waals surface area contributed by atoms with E-state index in [1.165, 1.54) is 0 Å². The fraction of sp³-hybridized carbons (Fsp3) is 1.00. The summed E-state index contributed by atoms with van der Waals surface area (Å²) in [7, 11) is -2.83. The number of nitrogens with one attached hydrogen (secondary N) is 1. The lowest BCUT2D eigenvalue weighted by atomic mass is 10.2. The van der Waals surface area contributed by atoms with Crippen molar-refractivity contribution in [2.45, 2.75) is 44.4 Å². The largest absolute Gasteiger partial charge is 0.313 e. The second-order valence-electron chi connectivity index (χ2n) is 3.59. The van der Waals surface area contributed by atoms with Crippen molar-refractivity contribution in [3.8, 4) is 0 Å². The Morgan fingerprint density at radius 2 is 2.00 bits per heavy atom. The van der Waals surface area contributed by atoms with Crippen molar-refractivity contribution in [1.82, 2.24) is 5.32 Å². The standard InChI is InChI=1S/C9H19NO2S/c1-3-10-8-6-5-7-9(8)13(11,12)4-2/h8-10H,3-7H2,1-2H3. The quantitative estimate of drug-likeness (QED) is 0.743. The fourth-order valence-corrected chi connectivity index (χ4v) is 3.75. The van der Waals surface area contributed by atoms with E-state index in [-0.39, 0.29) is 17.0 Å². The van der Waals surface area contributed by atoms with E-state index in [0.29, 0.717) is 0 Å². The topological polar surface area (TPSA) is 46.2 Å². The van der Waals surface area contributed by atoms with E-state index in [2.05, 4.69) is 5.32 Å². The fourth-order valence-electron chi connectivity index (χ4n) is 2.07. The van der Waals surface area contributed by atoms with Crippen molar-refractivity contribution >= 4 is 9.84 Å². The maximum absolute atomic E-state index is 11.6. The summed E-state index contributed by atoms with van der Waals surface area (Å²) in [5, 5.41) is 3.13. The number of sulfone groups is 1. The second kappa shape index (κ2) is 4.42. The van der Waals surface area contributed by atoms with Crippen molar-refractivity contribution < 1.29 is 8.42 Å². The van der Waals surface area contributed by atoms with Gasteiger partial charge < -0.3 is 5.32 Å². The van der Waals surface area contributed by atoms with Crippen LogP contribution in [-0.4, -0.2) is 32.0 Å². The zero-order valence-corrected chi connectivity index (χ0v) is 9.23. The van der Waals surface area contributed by atoms with E-state index < -0.39 is 9.84 Å². The molecule has 0 amide bonds. The molecule has 0 saturated heterocycles. The maximum Gasteiger partial charge on any atom is 0.154 e. The molecule has 0 aromatic rings. The Hall–Kier alpha value is -0.0900. The molecule has 1 aliphatic rings. The van der Waals surface area contributed by atoms with E-state index in [4.69, 9.17) is 0 Å². The molecule has 0 aromatic heterocycles. The van der Waals surface area contributed by atoms with Gasteiger partial charge in [0.05, 0.1) is 5.25 Å². The van der Waals surface area contributed by atoms with Gasteiger partial charge in [-0.3, -0.25) is 0 Å². The van der Waals surface area contributed by atoms with Crippen molar-refractivity contribution in [2.24, 2.45) is 0 Å². The van der Waals surface area contributed by atoms with Crippen LogP contribution in [0.1, 0.15) is 33.1 Å². The van der Waals surface area contributed by atoms with Crippen LogP contribution in [0.15, 0.2) is 0 Å². The molecule has 1 N–H and O–H groups in total. The van der Waals surface area contributed by atoms with Gasteiger partial charge in [0.25, 0.3) is 0 Å². The average molecular weight is 205 g/mol. The molecule has 13 heavy (non-hydrogen) atoms. The molecule has 1 aliphatic carbocycles. The first-order chi connectivity index (χ1) is 6.11. The molecular weight excluding hydrogens is 186 g/mol. The predicted molar refractivity (Wildman–Crippen MR) is 54.6 cm³/mol. The Bertz CT molecular complexity index is 248. The van der Waals surface area contributed by atoms with E-state index in [0.717, 1.165) is 25.8 Å². The molecule has 1 saturated carbocycles. The molecule has 3 nitrogen and oxygen atoms in total. The molecule has 0 bridgehead atoms.